The van der Waals surface area contributed by atoms with Crippen molar-refractivity contribution in [1.29, 1.82) is 0 Å². The third kappa shape index (κ3) is 14.9. The normalized spacial score (nSPS) is 11.4. The van der Waals surface area contributed by atoms with E-state index in [1.54, 1.807) is 10.9 Å². The summed E-state index contributed by atoms with van der Waals surface area (Å²) in [6, 6.07) is 0.0189. The van der Waals surface area contributed by atoms with Gasteiger partial charge in [-0.2, -0.15) is 8.78 Å². The minimum atomic E-state index is -1.79. The SMILES string of the molecule is CCOCCOCCOCc1cn(CCOCCOCCOCCOCCC(=O)Oc2c(F)c(F)cc(F)c2F)nn1. The van der Waals surface area contributed by atoms with Crippen LogP contribution in [0.15, 0.2) is 12.3 Å². The van der Waals surface area contributed by atoms with Gasteiger partial charge < -0.3 is 37.9 Å². The molecule has 0 spiro atoms. The largest absolute Gasteiger partial charge is 0.420 e. The summed E-state index contributed by atoms with van der Waals surface area (Å²) in [6.07, 6.45) is 1.40. The minimum absolute atomic E-state index is 0.0189. The molecule has 0 fully saturated rings. The van der Waals surface area contributed by atoms with E-state index in [2.05, 4.69) is 15.0 Å². The van der Waals surface area contributed by atoms with Gasteiger partial charge in [-0.05, 0) is 6.92 Å². The van der Waals surface area contributed by atoms with Crippen LogP contribution >= 0.6 is 0 Å². The lowest BCUT2D eigenvalue weighted by atomic mass is 10.3. The monoisotopic (exact) mass is 611 g/mol. The van der Waals surface area contributed by atoms with E-state index in [0.717, 1.165) is 0 Å². The van der Waals surface area contributed by atoms with Crippen molar-refractivity contribution in [3.8, 4) is 5.75 Å². The van der Waals surface area contributed by atoms with Gasteiger partial charge in [0.15, 0.2) is 11.6 Å². The molecular weight excluding hydrogens is 574 g/mol. The molecular formula is C26H37F4N3O9. The molecule has 238 valence electrons. The second kappa shape index (κ2) is 21.9. The molecule has 12 nitrogen and oxygen atoms in total. The summed E-state index contributed by atoms with van der Waals surface area (Å²) < 4.78 is 96.7. The van der Waals surface area contributed by atoms with Crippen LogP contribution in [0.4, 0.5) is 17.6 Å². The van der Waals surface area contributed by atoms with E-state index in [1.807, 2.05) is 6.92 Å². The summed E-state index contributed by atoms with van der Waals surface area (Å²) in [5.74, 6) is -9.47. The first-order valence-electron chi connectivity index (χ1n) is 13.4. The van der Waals surface area contributed by atoms with Gasteiger partial charge in [0.1, 0.15) is 5.69 Å². The molecule has 42 heavy (non-hydrogen) atoms. The van der Waals surface area contributed by atoms with Crippen molar-refractivity contribution < 1.29 is 60.3 Å². The summed E-state index contributed by atoms with van der Waals surface area (Å²) in [5.41, 5.74) is 0.715. The van der Waals surface area contributed by atoms with Gasteiger partial charge in [0.25, 0.3) is 0 Å². The van der Waals surface area contributed by atoms with Gasteiger partial charge >= 0.3 is 5.97 Å². The van der Waals surface area contributed by atoms with Gasteiger partial charge in [0.05, 0.1) is 105 Å². The molecule has 0 unspecified atom stereocenters. The zero-order valence-electron chi connectivity index (χ0n) is 23.5. The Hall–Kier alpha value is -2.73. The highest BCUT2D eigenvalue weighted by atomic mass is 19.2. The summed E-state index contributed by atoms with van der Waals surface area (Å²) in [6.45, 7) is 7.57. The molecule has 0 aliphatic carbocycles. The summed E-state index contributed by atoms with van der Waals surface area (Å²) >= 11 is 0. The van der Waals surface area contributed by atoms with E-state index in [1.165, 1.54) is 0 Å². The molecule has 0 aliphatic heterocycles. The predicted octanol–water partition coefficient (Wildman–Crippen LogP) is 2.47. The molecule has 16 heteroatoms. The Balaban J connectivity index is 1.36. The summed E-state index contributed by atoms with van der Waals surface area (Å²) in [4.78, 5) is 11.6. The second-order valence-corrected chi connectivity index (χ2v) is 8.31. The number of carbonyl (C=O) groups excluding carboxylic acids is 1. The number of hydrogen-bond acceptors (Lipinski definition) is 11. The Bertz CT molecular complexity index is 1010. The molecule has 0 saturated heterocycles. The number of halogens is 4. The fraction of sp³-hybridized carbons (Fsp3) is 0.654. The molecule has 1 aromatic heterocycles. The van der Waals surface area contributed by atoms with Crippen LogP contribution in [0.25, 0.3) is 0 Å². The average molecular weight is 612 g/mol. The van der Waals surface area contributed by atoms with E-state index in [-0.39, 0.29) is 25.9 Å². The Morgan fingerprint density at radius 2 is 1.21 bits per heavy atom. The van der Waals surface area contributed by atoms with Crippen LogP contribution in [0.5, 0.6) is 5.75 Å². The highest BCUT2D eigenvalue weighted by Gasteiger charge is 2.22. The van der Waals surface area contributed by atoms with Crippen LogP contribution in [-0.4, -0.2) is 107 Å². The smallest absolute Gasteiger partial charge is 0.313 e. The third-order valence-electron chi connectivity index (χ3n) is 5.10. The van der Waals surface area contributed by atoms with Crippen molar-refractivity contribution in [2.24, 2.45) is 0 Å². The number of hydrogen-bond donors (Lipinski definition) is 0. The van der Waals surface area contributed by atoms with E-state index >= 15 is 0 Å². The average Bonchev–Trinajstić information content (AvgIpc) is 3.43. The van der Waals surface area contributed by atoms with Crippen LogP contribution in [0.3, 0.4) is 0 Å². The van der Waals surface area contributed by atoms with Crippen molar-refractivity contribution in [1.82, 2.24) is 15.0 Å². The lowest BCUT2D eigenvalue weighted by Gasteiger charge is -2.09. The lowest BCUT2D eigenvalue weighted by Crippen LogP contribution is -2.16. The molecule has 0 aliphatic rings. The zero-order chi connectivity index (χ0) is 30.4. The quantitative estimate of drug-likeness (QED) is 0.0541. The maximum atomic E-state index is 13.5. The lowest BCUT2D eigenvalue weighted by molar-refractivity contribution is -0.136. The van der Waals surface area contributed by atoms with Gasteiger partial charge in [-0.1, -0.05) is 5.21 Å². The molecule has 1 heterocycles. The highest BCUT2D eigenvalue weighted by molar-refractivity contribution is 5.72. The number of aromatic nitrogens is 3. The van der Waals surface area contributed by atoms with Gasteiger partial charge in [-0.3, -0.25) is 4.79 Å². The van der Waals surface area contributed by atoms with E-state index in [9.17, 15) is 22.4 Å². The highest BCUT2D eigenvalue weighted by Crippen LogP contribution is 2.26. The van der Waals surface area contributed by atoms with Crippen molar-refractivity contribution in [2.45, 2.75) is 26.5 Å². The first-order chi connectivity index (χ1) is 20.4. The van der Waals surface area contributed by atoms with E-state index in [4.69, 9.17) is 33.2 Å². The Kier molecular flexibility index (Phi) is 18.5. The fourth-order valence-electron chi connectivity index (χ4n) is 3.05. The Morgan fingerprint density at radius 1 is 0.714 bits per heavy atom. The first-order valence-corrected chi connectivity index (χ1v) is 13.4. The van der Waals surface area contributed by atoms with Crippen molar-refractivity contribution >= 4 is 5.97 Å². The van der Waals surface area contributed by atoms with Crippen molar-refractivity contribution in [3.05, 3.63) is 41.2 Å². The van der Waals surface area contributed by atoms with Crippen LogP contribution in [0.2, 0.25) is 0 Å². The summed E-state index contributed by atoms with van der Waals surface area (Å²) in [7, 11) is 0. The molecule has 0 N–H and O–H groups in total. The Labute approximate surface area is 241 Å². The Morgan fingerprint density at radius 3 is 1.79 bits per heavy atom. The second-order valence-electron chi connectivity index (χ2n) is 8.31. The number of rotatable bonds is 25. The first kappa shape index (κ1) is 35.5. The number of carbonyl (C=O) groups is 1. The van der Waals surface area contributed by atoms with Crippen molar-refractivity contribution in [3.63, 3.8) is 0 Å². The molecule has 0 amide bonds. The minimum Gasteiger partial charge on any atom is -0.420 e. The van der Waals surface area contributed by atoms with Gasteiger partial charge in [0.2, 0.25) is 17.4 Å². The zero-order valence-corrected chi connectivity index (χ0v) is 23.5. The molecule has 0 radical (unpaired) electrons. The molecule has 2 rings (SSSR count). The number of esters is 1. The standard InChI is InChI=1S/C26H37F4N3O9/c1-2-35-7-8-38-15-16-41-19-20-18-33(32-31-20)4-6-37-10-12-40-14-13-39-11-9-36-5-3-23(34)42-26-24(29)21(27)17-22(28)25(26)30/h17-18H,2-16,19H2,1H3. The van der Waals surface area contributed by atoms with Crippen LogP contribution in [0.1, 0.15) is 19.0 Å². The topological polar surface area (TPSA) is 122 Å². The number of ether oxygens (including phenoxy) is 8. The fourth-order valence-corrected chi connectivity index (χ4v) is 3.05. The van der Waals surface area contributed by atoms with Crippen LogP contribution in [0, 0.1) is 23.3 Å². The van der Waals surface area contributed by atoms with Gasteiger partial charge in [-0.25, -0.2) is 13.5 Å². The van der Waals surface area contributed by atoms with Gasteiger partial charge in [-0.15, -0.1) is 5.10 Å². The summed E-state index contributed by atoms with van der Waals surface area (Å²) in [5, 5.41) is 8.07. The molecule has 0 bridgehead atoms. The van der Waals surface area contributed by atoms with Crippen LogP contribution in [-0.2, 0) is 51.1 Å². The molecule has 1 aromatic carbocycles. The molecule has 0 atom stereocenters. The third-order valence-corrected chi connectivity index (χ3v) is 5.10. The van der Waals surface area contributed by atoms with Crippen molar-refractivity contribution in [2.75, 3.05) is 85.9 Å². The number of benzene rings is 1. The van der Waals surface area contributed by atoms with Crippen LogP contribution < -0.4 is 4.74 Å². The maximum Gasteiger partial charge on any atom is 0.313 e. The number of nitrogens with zero attached hydrogens (tertiary/aromatic N) is 3. The molecule has 2 aromatic rings. The van der Waals surface area contributed by atoms with Gasteiger partial charge in [0, 0.05) is 12.7 Å². The maximum absolute atomic E-state index is 13.5. The molecule has 0 saturated carbocycles. The predicted molar refractivity (Wildman–Crippen MR) is 137 cm³/mol. The van der Waals surface area contributed by atoms with E-state index in [0.29, 0.717) is 84.9 Å². The van der Waals surface area contributed by atoms with E-state index < -0.39 is 41.4 Å².